The van der Waals surface area contributed by atoms with Crippen LogP contribution in [-0.2, 0) is 4.79 Å². The van der Waals surface area contributed by atoms with Crippen molar-refractivity contribution in [1.29, 1.82) is 0 Å². The van der Waals surface area contributed by atoms with E-state index in [0.717, 1.165) is 17.8 Å². The number of H-pyrrole nitrogens is 1. The number of hydrogen-bond acceptors (Lipinski definition) is 7. The van der Waals surface area contributed by atoms with Crippen LogP contribution in [0, 0.1) is 5.82 Å². The number of halogens is 1. The van der Waals surface area contributed by atoms with Gasteiger partial charge in [-0.15, -0.1) is 5.10 Å². The third kappa shape index (κ3) is 3.59. The number of nitrogens with one attached hydrogen (secondary N) is 1. The molecule has 1 N–H and O–H groups in total. The van der Waals surface area contributed by atoms with Crippen LogP contribution in [0.5, 0.6) is 0 Å². The first-order valence-corrected chi connectivity index (χ1v) is 11.3. The fourth-order valence-electron chi connectivity index (χ4n) is 4.46. The van der Waals surface area contributed by atoms with Gasteiger partial charge in [-0.2, -0.15) is 0 Å². The number of pyridine rings is 1. The average molecular weight is 485 g/mol. The molecule has 0 bridgehead atoms. The number of aromatic amines is 1. The van der Waals surface area contributed by atoms with E-state index < -0.39 is 17.5 Å². The van der Waals surface area contributed by atoms with Crippen molar-refractivity contribution >= 4 is 28.5 Å². The summed E-state index contributed by atoms with van der Waals surface area (Å²) in [5.41, 5.74) is 1.20. The number of anilines is 1. The number of fused-ring (bicyclic) bond motifs is 1. The van der Waals surface area contributed by atoms with E-state index >= 15 is 0 Å². The van der Waals surface area contributed by atoms with Gasteiger partial charge in [-0.3, -0.25) is 14.2 Å². The van der Waals surface area contributed by atoms with Gasteiger partial charge in [0.1, 0.15) is 0 Å². The minimum absolute atomic E-state index is 0.00243. The van der Waals surface area contributed by atoms with Crippen LogP contribution >= 0.6 is 0 Å². The van der Waals surface area contributed by atoms with Crippen molar-refractivity contribution in [3.63, 3.8) is 0 Å². The van der Waals surface area contributed by atoms with E-state index in [-0.39, 0.29) is 22.3 Å². The maximum absolute atomic E-state index is 14.7. The Morgan fingerprint density at radius 2 is 1.78 bits per heavy atom. The fraction of sp³-hybridized carbons (Fsp3) is 0.167. The second kappa shape index (κ2) is 8.73. The Bertz CT molecular complexity index is 1550. The van der Waals surface area contributed by atoms with Gasteiger partial charge in [0.05, 0.1) is 35.1 Å². The molecule has 5 aromatic rings. The summed E-state index contributed by atoms with van der Waals surface area (Å²) < 4.78 is 18.1. The third-order valence-electron chi connectivity index (χ3n) is 6.23. The fourth-order valence-corrected chi connectivity index (χ4v) is 4.46. The lowest BCUT2D eigenvalue weighted by Crippen LogP contribution is -2.51. The van der Waals surface area contributed by atoms with Gasteiger partial charge in [-0.25, -0.2) is 19.0 Å². The van der Waals surface area contributed by atoms with Crippen molar-refractivity contribution in [2.45, 2.75) is 0 Å². The predicted molar refractivity (Wildman–Crippen MR) is 128 cm³/mol. The quantitative estimate of drug-likeness (QED) is 0.299. The predicted octanol–water partition coefficient (Wildman–Crippen LogP) is 2.00. The van der Waals surface area contributed by atoms with E-state index in [1.807, 2.05) is 41.1 Å². The van der Waals surface area contributed by atoms with Crippen LogP contribution in [0.3, 0.4) is 0 Å². The number of imidazole rings is 1. The Kier molecular flexibility index (Phi) is 5.25. The zero-order valence-corrected chi connectivity index (χ0v) is 19.0. The lowest BCUT2D eigenvalue weighted by molar-refractivity contribution is -0.126. The van der Waals surface area contributed by atoms with Crippen LogP contribution in [0.15, 0.2) is 67.5 Å². The van der Waals surface area contributed by atoms with E-state index in [1.165, 1.54) is 22.0 Å². The molecule has 1 fully saturated rings. The second-order valence-electron chi connectivity index (χ2n) is 8.27. The summed E-state index contributed by atoms with van der Waals surface area (Å²) >= 11 is 0. The number of nitrogens with zero attached hydrogens (tertiary/aromatic N) is 8. The molecule has 1 saturated heterocycles. The van der Waals surface area contributed by atoms with Gasteiger partial charge in [0.25, 0.3) is 11.7 Å². The summed E-state index contributed by atoms with van der Waals surface area (Å²) in [5, 5.41) is 7.60. The number of carbonyl (C=O) groups excluding carboxylic acids is 2. The van der Waals surface area contributed by atoms with Gasteiger partial charge in [0, 0.05) is 50.5 Å². The van der Waals surface area contributed by atoms with E-state index in [2.05, 4.69) is 30.2 Å². The Labute approximate surface area is 203 Å². The first kappa shape index (κ1) is 21.6. The number of ketones is 1. The van der Waals surface area contributed by atoms with Crippen LogP contribution in [0.2, 0.25) is 0 Å². The monoisotopic (exact) mass is 485 g/mol. The molecule has 11 nitrogen and oxygen atoms in total. The summed E-state index contributed by atoms with van der Waals surface area (Å²) in [6.45, 7) is 1.68. The topological polar surface area (TPSA) is 118 Å². The normalized spacial score (nSPS) is 13.9. The van der Waals surface area contributed by atoms with Crippen LogP contribution in [0.4, 0.5) is 10.3 Å². The minimum atomic E-state index is -0.782. The van der Waals surface area contributed by atoms with Gasteiger partial charge >= 0.3 is 0 Å². The van der Waals surface area contributed by atoms with Crippen molar-refractivity contribution in [2.24, 2.45) is 0 Å². The molecule has 0 saturated carbocycles. The Morgan fingerprint density at radius 1 is 0.972 bits per heavy atom. The van der Waals surface area contributed by atoms with Gasteiger partial charge in [-0.05, 0) is 12.1 Å². The maximum Gasteiger partial charge on any atom is 0.295 e. The highest BCUT2D eigenvalue weighted by Gasteiger charge is 2.31. The van der Waals surface area contributed by atoms with Gasteiger partial charge < -0.3 is 14.8 Å². The molecule has 1 aliphatic rings. The second-order valence-corrected chi connectivity index (χ2v) is 8.27. The zero-order chi connectivity index (χ0) is 24.6. The smallest absolute Gasteiger partial charge is 0.295 e. The summed E-state index contributed by atoms with van der Waals surface area (Å²) in [7, 11) is 0. The number of Topliss-reactive ketones (excluding diaryl/α,β-unsaturated/α-hetero) is 1. The molecule has 4 aromatic heterocycles. The summed E-state index contributed by atoms with van der Waals surface area (Å²) in [4.78, 5) is 41.2. The maximum atomic E-state index is 14.7. The first-order chi connectivity index (χ1) is 17.6. The lowest BCUT2D eigenvalue weighted by Gasteiger charge is -2.35. The number of aromatic nitrogens is 7. The SMILES string of the molecule is O=C(C(=O)N1CCN(c2nccn2-c2ccccc2)CC1)c1c[nH]c2c(-n3ccnn3)ncc(F)c12. The van der Waals surface area contributed by atoms with Crippen LogP contribution in [0.25, 0.3) is 22.4 Å². The number of carbonyl (C=O) groups is 2. The summed E-state index contributed by atoms with van der Waals surface area (Å²) in [6.07, 6.45) is 8.97. The number of rotatable bonds is 5. The molecule has 180 valence electrons. The molecule has 5 heterocycles. The Balaban J connectivity index is 1.21. The van der Waals surface area contributed by atoms with Gasteiger partial charge in [0.15, 0.2) is 11.6 Å². The van der Waals surface area contributed by atoms with Crippen LogP contribution in [0.1, 0.15) is 10.4 Å². The van der Waals surface area contributed by atoms with E-state index in [4.69, 9.17) is 0 Å². The summed E-state index contributed by atoms with van der Waals surface area (Å²) in [5.74, 6) is -1.12. The highest BCUT2D eigenvalue weighted by atomic mass is 19.1. The average Bonchev–Trinajstić information content (AvgIpc) is 3.70. The number of piperazine rings is 1. The molecule has 12 heteroatoms. The molecule has 0 unspecified atom stereocenters. The highest BCUT2D eigenvalue weighted by molar-refractivity contribution is 6.45. The lowest BCUT2D eigenvalue weighted by atomic mass is 10.1. The molecule has 1 aliphatic heterocycles. The van der Waals surface area contributed by atoms with Crippen molar-refractivity contribution in [2.75, 3.05) is 31.1 Å². The van der Waals surface area contributed by atoms with Gasteiger partial charge in [0.2, 0.25) is 5.95 Å². The largest absolute Gasteiger partial charge is 0.357 e. The van der Waals surface area contributed by atoms with E-state index in [0.29, 0.717) is 26.2 Å². The van der Waals surface area contributed by atoms with Crippen LogP contribution < -0.4 is 4.90 Å². The molecule has 1 amide bonds. The standard InChI is InChI=1S/C24H20FN9O2/c25-18-15-28-22(34-9-7-29-30-34)20-19(18)17(14-27-20)21(35)23(36)31-10-12-32(13-11-31)24-26-6-8-33(24)16-4-2-1-3-5-16/h1-9,14-15,27H,10-13H2. The van der Waals surface area contributed by atoms with E-state index in [1.54, 1.807) is 12.4 Å². The Hall–Kier alpha value is -4.87. The van der Waals surface area contributed by atoms with Gasteiger partial charge in [-0.1, -0.05) is 23.4 Å². The van der Waals surface area contributed by atoms with Crippen molar-refractivity contribution in [3.05, 3.63) is 78.9 Å². The molecule has 36 heavy (non-hydrogen) atoms. The molecule has 0 atom stereocenters. The number of benzene rings is 1. The van der Waals surface area contributed by atoms with E-state index in [9.17, 15) is 14.0 Å². The molecular weight excluding hydrogens is 465 g/mol. The highest BCUT2D eigenvalue weighted by Crippen LogP contribution is 2.26. The minimum Gasteiger partial charge on any atom is -0.357 e. The number of para-hydroxylation sites is 1. The third-order valence-corrected chi connectivity index (χ3v) is 6.23. The Morgan fingerprint density at radius 3 is 2.53 bits per heavy atom. The molecule has 6 rings (SSSR count). The molecule has 1 aromatic carbocycles. The number of amides is 1. The molecule has 0 aliphatic carbocycles. The molecular formula is C24H20FN9O2. The van der Waals surface area contributed by atoms with Crippen LogP contribution in [-0.4, -0.2) is 77.3 Å². The zero-order valence-electron chi connectivity index (χ0n) is 19.0. The van der Waals surface area contributed by atoms with Crippen molar-refractivity contribution in [1.82, 2.24) is 39.4 Å². The molecule has 0 spiro atoms. The number of hydrogen-bond donors (Lipinski definition) is 1. The van der Waals surface area contributed by atoms with Crippen molar-refractivity contribution in [3.8, 4) is 11.5 Å². The summed E-state index contributed by atoms with van der Waals surface area (Å²) in [6, 6.07) is 9.86. The molecule has 0 radical (unpaired) electrons. The van der Waals surface area contributed by atoms with Crippen molar-refractivity contribution < 1.29 is 14.0 Å². The first-order valence-electron chi connectivity index (χ1n) is 11.3.